The molecule has 2 amide bonds. The van der Waals surface area contributed by atoms with Crippen molar-refractivity contribution >= 4 is 28.4 Å². The van der Waals surface area contributed by atoms with E-state index >= 15 is 0 Å². The molecule has 0 atom stereocenters. The van der Waals surface area contributed by atoms with Gasteiger partial charge in [-0.05, 0) is 55.2 Å². The molecule has 5 rings (SSSR count). The number of nitrogens with zero attached hydrogens (tertiary/aromatic N) is 2. The second-order valence-electron chi connectivity index (χ2n) is 8.59. The minimum atomic E-state index is -0.184. The van der Waals surface area contributed by atoms with E-state index in [-0.39, 0.29) is 11.8 Å². The van der Waals surface area contributed by atoms with Crippen molar-refractivity contribution in [2.45, 2.75) is 26.3 Å². The summed E-state index contributed by atoms with van der Waals surface area (Å²) in [6, 6.07) is 25.6. The van der Waals surface area contributed by atoms with Crippen LogP contribution in [-0.2, 0) is 6.54 Å². The first-order valence-electron chi connectivity index (χ1n) is 11.4. The van der Waals surface area contributed by atoms with Crippen LogP contribution in [0.25, 0.3) is 10.9 Å². The van der Waals surface area contributed by atoms with E-state index in [1.165, 1.54) is 0 Å². The minimum Gasteiger partial charge on any atom is -0.339 e. The van der Waals surface area contributed by atoms with Gasteiger partial charge in [-0.1, -0.05) is 54.6 Å². The number of amides is 2. The zero-order chi connectivity index (χ0) is 22.8. The molecule has 2 heterocycles. The van der Waals surface area contributed by atoms with Crippen LogP contribution in [0.5, 0.6) is 0 Å². The Labute approximate surface area is 193 Å². The lowest BCUT2D eigenvalue weighted by atomic mass is 10.1. The van der Waals surface area contributed by atoms with E-state index in [0.717, 1.165) is 48.0 Å². The smallest absolute Gasteiger partial charge is 0.272 e. The minimum absolute atomic E-state index is 0.0410. The monoisotopic (exact) mass is 437 g/mol. The normalized spacial score (nSPS) is 13.4. The Morgan fingerprint density at radius 2 is 1.61 bits per heavy atom. The summed E-state index contributed by atoms with van der Waals surface area (Å²) in [7, 11) is 0. The highest BCUT2D eigenvalue weighted by atomic mass is 16.2. The van der Waals surface area contributed by atoms with Gasteiger partial charge in [0.2, 0.25) is 0 Å². The number of para-hydroxylation sites is 1. The first kappa shape index (κ1) is 21.0. The first-order chi connectivity index (χ1) is 16.1. The fourth-order valence-electron chi connectivity index (χ4n) is 4.61. The van der Waals surface area contributed by atoms with E-state index in [9.17, 15) is 9.59 Å². The van der Waals surface area contributed by atoms with Gasteiger partial charge in [0.25, 0.3) is 11.8 Å². The number of hydrogen-bond acceptors (Lipinski definition) is 2. The van der Waals surface area contributed by atoms with Crippen molar-refractivity contribution in [1.29, 1.82) is 0 Å². The summed E-state index contributed by atoms with van der Waals surface area (Å²) in [4.78, 5) is 28.3. The molecule has 1 fully saturated rings. The lowest BCUT2D eigenvalue weighted by Crippen LogP contribution is -2.28. The van der Waals surface area contributed by atoms with Crippen LogP contribution in [-0.4, -0.2) is 34.4 Å². The number of nitrogens with one attached hydrogen (secondary N) is 1. The molecule has 0 bridgehead atoms. The van der Waals surface area contributed by atoms with E-state index in [4.69, 9.17) is 0 Å². The van der Waals surface area contributed by atoms with Gasteiger partial charge < -0.3 is 14.8 Å². The maximum Gasteiger partial charge on any atom is 0.272 e. The summed E-state index contributed by atoms with van der Waals surface area (Å²) >= 11 is 0. The summed E-state index contributed by atoms with van der Waals surface area (Å²) in [5.74, 6) is -0.143. The summed E-state index contributed by atoms with van der Waals surface area (Å²) in [5, 5.41) is 4.09. The van der Waals surface area contributed by atoms with E-state index in [0.29, 0.717) is 23.5 Å². The van der Waals surface area contributed by atoms with Crippen LogP contribution < -0.4 is 5.32 Å². The number of likely N-dealkylation sites (tertiary alicyclic amines) is 1. The number of rotatable bonds is 5. The van der Waals surface area contributed by atoms with Crippen molar-refractivity contribution < 1.29 is 9.59 Å². The molecule has 5 nitrogen and oxygen atoms in total. The average molecular weight is 438 g/mol. The summed E-state index contributed by atoms with van der Waals surface area (Å²) in [6.07, 6.45) is 2.10. The van der Waals surface area contributed by atoms with Gasteiger partial charge in [0.05, 0.1) is 0 Å². The second-order valence-corrected chi connectivity index (χ2v) is 8.59. The molecule has 1 aromatic heterocycles. The fraction of sp³-hybridized carbons (Fsp3) is 0.214. The van der Waals surface area contributed by atoms with Crippen molar-refractivity contribution in [2.24, 2.45) is 0 Å². The van der Waals surface area contributed by atoms with Gasteiger partial charge in [0, 0.05) is 41.8 Å². The van der Waals surface area contributed by atoms with Crippen molar-refractivity contribution in [3.8, 4) is 0 Å². The number of carbonyl (C=O) groups excluding carboxylic acids is 2. The maximum atomic E-state index is 13.5. The molecule has 1 saturated heterocycles. The van der Waals surface area contributed by atoms with Crippen LogP contribution in [0.1, 0.15) is 44.8 Å². The topological polar surface area (TPSA) is 54.3 Å². The fourth-order valence-corrected chi connectivity index (χ4v) is 4.61. The van der Waals surface area contributed by atoms with Crippen molar-refractivity contribution in [2.75, 3.05) is 18.4 Å². The zero-order valence-electron chi connectivity index (χ0n) is 18.8. The Hall–Kier alpha value is -3.86. The van der Waals surface area contributed by atoms with Gasteiger partial charge >= 0.3 is 0 Å². The second kappa shape index (κ2) is 8.94. The lowest BCUT2D eigenvalue weighted by molar-refractivity contribution is 0.0791. The molecule has 1 N–H and O–H groups in total. The molecule has 3 aromatic carbocycles. The molecular formula is C28H27N3O2. The Balaban J connectivity index is 1.47. The molecule has 1 aliphatic rings. The number of carbonyl (C=O) groups is 2. The largest absolute Gasteiger partial charge is 0.339 e. The Kier molecular flexibility index (Phi) is 5.69. The SMILES string of the molecule is Cc1c(NC(=O)c2cc3ccccc3n2Cc2ccccc2)cccc1C(=O)N1CCCC1. The average Bonchev–Trinajstić information content (AvgIpc) is 3.50. The van der Waals surface area contributed by atoms with Gasteiger partial charge in [-0.2, -0.15) is 0 Å². The Morgan fingerprint density at radius 1 is 0.879 bits per heavy atom. The third-order valence-electron chi connectivity index (χ3n) is 6.43. The molecule has 1 aliphatic heterocycles. The highest BCUT2D eigenvalue weighted by Crippen LogP contribution is 2.25. The van der Waals surface area contributed by atoms with E-state index in [1.807, 2.05) is 78.6 Å². The number of hydrogen-bond donors (Lipinski definition) is 1. The molecule has 5 heteroatoms. The Morgan fingerprint density at radius 3 is 2.39 bits per heavy atom. The van der Waals surface area contributed by atoms with E-state index in [1.54, 1.807) is 0 Å². The van der Waals surface area contributed by atoms with Gasteiger partial charge in [0.15, 0.2) is 0 Å². The Bertz CT molecular complexity index is 1320. The number of benzene rings is 3. The summed E-state index contributed by atoms with van der Waals surface area (Å²) < 4.78 is 2.05. The van der Waals surface area contributed by atoms with Gasteiger partial charge in [-0.3, -0.25) is 9.59 Å². The van der Waals surface area contributed by atoms with Crippen molar-refractivity contribution in [3.05, 3.63) is 101 Å². The first-order valence-corrected chi connectivity index (χ1v) is 11.4. The molecule has 0 radical (unpaired) electrons. The van der Waals surface area contributed by atoms with Crippen LogP contribution in [0, 0.1) is 6.92 Å². The van der Waals surface area contributed by atoms with E-state index < -0.39 is 0 Å². The van der Waals surface area contributed by atoms with Crippen LogP contribution in [0.3, 0.4) is 0 Å². The molecule has 166 valence electrons. The quantitative estimate of drug-likeness (QED) is 0.449. The van der Waals surface area contributed by atoms with E-state index in [2.05, 4.69) is 22.0 Å². The van der Waals surface area contributed by atoms with Gasteiger partial charge in [0.1, 0.15) is 5.69 Å². The summed E-state index contributed by atoms with van der Waals surface area (Å²) in [5.41, 5.74) is 4.86. The molecule has 0 unspecified atom stereocenters. The standard InChI is InChI=1S/C28H27N3O2/c1-20-23(28(33)30-16-7-8-17-30)13-9-14-24(20)29-27(32)26-18-22-12-5-6-15-25(22)31(26)19-21-10-3-2-4-11-21/h2-6,9-15,18H,7-8,16-17,19H2,1H3,(H,29,32). The van der Waals surface area contributed by atoms with Crippen LogP contribution >= 0.6 is 0 Å². The summed E-state index contributed by atoms with van der Waals surface area (Å²) in [6.45, 7) is 4.10. The molecule has 0 aliphatic carbocycles. The maximum absolute atomic E-state index is 13.5. The van der Waals surface area contributed by atoms with Crippen LogP contribution in [0.4, 0.5) is 5.69 Å². The number of aromatic nitrogens is 1. The van der Waals surface area contributed by atoms with Crippen LogP contribution in [0.15, 0.2) is 78.9 Å². The predicted octanol–water partition coefficient (Wildman–Crippen LogP) is 5.49. The number of fused-ring (bicyclic) bond motifs is 1. The molecule has 0 saturated carbocycles. The van der Waals surface area contributed by atoms with Crippen molar-refractivity contribution in [3.63, 3.8) is 0 Å². The zero-order valence-corrected chi connectivity index (χ0v) is 18.8. The molecular weight excluding hydrogens is 410 g/mol. The highest BCUT2D eigenvalue weighted by Gasteiger charge is 2.23. The van der Waals surface area contributed by atoms with Gasteiger partial charge in [-0.25, -0.2) is 0 Å². The lowest BCUT2D eigenvalue weighted by Gasteiger charge is -2.18. The van der Waals surface area contributed by atoms with Crippen LogP contribution in [0.2, 0.25) is 0 Å². The molecule has 33 heavy (non-hydrogen) atoms. The molecule has 0 spiro atoms. The highest BCUT2D eigenvalue weighted by molar-refractivity contribution is 6.07. The molecule has 4 aromatic rings. The van der Waals surface area contributed by atoms with Gasteiger partial charge in [-0.15, -0.1) is 0 Å². The van der Waals surface area contributed by atoms with Crippen molar-refractivity contribution in [1.82, 2.24) is 9.47 Å². The number of anilines is 1. The third kappa shape index (κ3) is 4.14. The third-order valence-corrected chi connectivity index (χ3v) is 6.43. The predicted molar refractivity (Wildman–Crippen MR) is 132 cm³/mol.